The molecule has 5 rings (SSSR count). The summed E-state index contributed by atoms with van der Waals surface area (Å²) in [4.78, 5) is 27.2. The lowest BCUT2D eigenvalue weighted by atomic mass is 9.94. The average molecular weight is 489 g/mol. The molecule has 1 amide bonds. The molecule has 178 valence electrons. The molecule has 0 bridgehead atoms. The first-order valence-electron chi connectivity index (χ1n) is 11.3. The van der Waals surface area contributed by atoms with Crippen LogP contribution in [-0.2, 0) is 11.8 Å². The fourth-order valence-corrected chi connectivity index (χ4v) is 4.87. The number of ether oxygens (including phenoxy) is 1. The van der Waals surface area contributed by atoms with Gasteiger partial charge in [-0.3, -0.25) is 4.79 Å². The van der Waals surface area contributed by atoms with Gasteiger partial charge in [0, 0.05) is 43.4 Å². The zero-order valence-electron chi connectivity index (χ0n) is 19.5. The smallest absolute Gasteiger partial charge is 0.245 e. The maximum atomic E-state index is 12.2. The Morgan fingerprint density at radius 1 is 1.23 bits per heavy atom. The molecule has 1 aliphatic heterocycles. The Labute approximate surface area is 208 Å². The lowest BCUT2D eigenvalue weighted by molar-refractivity contribution is -0.125. The number of amides is 1. The van der Waals surface area contributed by atoms with Gasteiger partial charge < -0.3 is 19.9 Å². The summed E-state index contributed by atoms with van der Waals surface area (Å²) in [6.07, 6.45) is 3.68. The van der Waals surface area contributed by atoms with E-state index in [1.165, 1.54) is 12.4 Å². The predicted molar refractivity (Wildman–Crippen MR) is 137 cm³/mol. The summed E-state index contributed by atoms with van der Waals surface area (Å²) in [5, 5.41) is 1.40. The van der Waals surface area contributed by atoms with Gasteiger partial charge in [0.2, 0.25) is 11.8 Å². The highest BCUT2D eigenvalue weighted by atomic mass is 35.5. The van der Waals surface area contributed by atoms with Gasteiger partial charge in [-0.25, -0.2) is 15.0 Å². The highest BCUT2D eigenvalue weighted by Gasteiger charge is 2.32. The predicted octanol–water partition coefficient (Wildman–Crippen LogP) is 4.87. The van der Waals surface area contributed by atoms with Crippen LogP contribution in [0.2, 0.25) is 5.02 Å². The minimum Gasteiger partial charge on any atom is -0.439 e. The summed E-state index contributed by atoms with van der Waals surface area (Å²) >= 11 is 6.07. The van der Waals surface area contributed by atoms with E-state index in [4.69, 9.17) is 22.1 Å². The van der Waals surface area contributed by atoms with Crippen LogP contribution in [0.15, 0.2) is 55.4 Å². The molecular formula is C26H25ClN6O2. The van der Waals surface area contributed by atoms with E-state index in [1.807, 2.05) is 43.1 Å². The zero-order valence-corrected chi connectivity index (χ0v) is 20.3. The number of fused-ring (bicyclic) bond motifs is 1. The molecule has 0 aliphatic carbocycles. The number of likely N-dealkylation sites (tertiary alicyclic amines) is 1. The van der Waals surface area contributed by atoms with Gasteiger partial charge in [-0.2, -0.15) is 0 Å². The normalized spacial score (nSPS) is 15.5. The van der Waals surface area contributed by atoms with Crippen LogP contribution >= 0.6 is 11.6 Å². The maximum Gasteiger partial charge on any atom is 0.245 e. The van der Waals surface area contributed by atoms with Crippen molar-refractivity contribution in [2.24, 2.45) is 7.05 Å². The van der Waals surface area contributed by atoms with Crippen molar-refractivity contribution in [3.05, 3.63) is 71.8 Å². The van der Waals surface area contributed by atoms with E-state index in [0.29, 0.717) is 41.3 Å². The van der Waals surface area contributed by atoms with Crippen LogP contribution in [-0.4, -0.2) is 43.4 Å². The largest absolute Gasteiger partial charge is 0.439 e. The number of pyridine rings is 1. The van der Waals surface area contributed by atoms with Gasteiger partial charge in [-0.1, -0.05) is 30.3 Å². The number of hydrogen-bond donors (Lipinski definition) is 1. The second-order valence-corrected chi connectivity index (χ2v) is 9.00. The van der Waals surface area contributed by atoms with Crippen LogP contribution < -0.4 is 10.5 Å². The molecular weight excluding hydrogens is 464 g/mol. The molecule has 1 aromatic carbocycles. The molecule has 1 aliphatic rings. The number of nitrogens with two attached hydrogens (primary N) is 1. The first-order valence-corrected chi connectivity index (χ1v) is 11.7. The lowest BCUT2D eigenvalue weighted by Crippen LogP contribution is -2.26. The Kier molecular flexibility index (Phi) is 5.90. The highest BCUT2D eigenvalue weighted by molar-refractivity contribution is 6.31. The molecule has 0 radical (unpaired) electrons. The first-order chi connectivity index (χ1) is 16.9. The van der Waals surface area contributed by atoms with Crippen molar-refractivity contribution in [1.82, 2.24) is 24.4 Å². The van der Waals surface area contributed by atoms with Gasteiger partial charge in [-0.15, -0.1) is 0 Å². The van der Waals surface area contributed by atoms with Crippen LogP contribution in [0.25, 0.3) is 22.2 Å². The number of halogens is 1. The van der Waals surface area contributed by atoms with E-state index in [0.717, 1.165) is 34.3 Å². The number of hydrogen-bond acceptors (Lipinski definition) is 6. The van der Waals surface area contributed by atoms with Crippen LogP contribution in [0.3, 0.4) is 0 Å². The van der Waals surface area contributed by atoms with Crippen LogP contribution in [0.5, 0.6) is 11.6 Å². The molecule has 1 saturated heterocycles. The lowest BCUT2D eigenvalue weighted by Gasteiger charge is -2.17. The number of benzene rings is 1. The zero-order chi connectivity index (χ0) is 24.7. The van der Waals surface area contributed by atoms with E-state index in [9.17, 15) is 4.79 Å². The third-order valence-electron chi connectivity index (χ3n) is 6.46. The van der Waals surface area contributed by atoms with Gasteiger partial charge in [0.25, 0.3) is 0 Å². The fourth-order valence-electron chi connectivity index (χ4n) is 4.76. The Bertz CT molecular complexity index is 1450. The minimum atomic E-state index is -0.0559. The van der Waals surface area contributed by atoms with E-state index in [-0.39, 0.29) is 11.8 Å². The molecule has 8 nitrogen and oxygen atoms in total. The number of rotatable bonds is 5. The summed E-state index contributed by atoms with van der Waals surface area (Å²) in [6.45, 7) is 6.75. The summed E-state index contributed by atoms with van der Waals surface area (Å²) in [5.41, 5.74) is 10.8. The average Bonchev–Trinajstić information content (AvgIpc) is 3.45. The van der Waals surface area contributed by atoms with Crippen LogP contribution in [0.4, 0.5) is 5.82 Å². The number of nitrogen functional groups attached to an aromatic ring is 1. The molecule has 9 heteroatoms. The standard InChI is InChI=1S/C26H25ClN6O2/c1-4-21(34)33-12-11-17(13-33)24-22(23-25(28)29-14-30-26(23)32(24)3)16-5-7-18(8-6-16)35-20-10-9-19(27)15(2)31-20/h4-10,14,17H,1,11-13H2,2-3H3,(H2,28,29,30). The Balaban J connectivity index is 1.55. The molecule has 1 atom stereocenters. The summed E-state index contributed by atoms with van der Waals surface area (Å²) in [7, 11) is 1.98. The van der Waals surface area contributed by atoms with Crippen molar-refractivity contribution < 1.29 is 9.53 Å². The third-order valence-corrected chi connectivity index (χ3v) is 6.86. The molecule has 1 fully saturated rings. The molecule has 2 N–H and O–H groups in total. The topological polar surface area (TPSA) is 99.2 Å². The fraction of sp³-hybridized carbons (Fsp3) is 0.231. The van der Waals surface area contributed by atoms with Crippen molar-refractivity contribution in [2.45, 2.75) is 19.3 Å². The van der Waals surface area contributed by atoms with Crippen LogP contribution in [0.1, 0.15) is 23.7 Å². The maximum absolute atomic E-state index is 12.2. The number of aryl methyl sites for hydroxylation is 2. The molecule has 35 heavy (non-hydrogen) atoms. The van der Waals surface area contributed by atoms with Gasteiger partial charge in [0.05, 0.1) is 16.1 Å². The first kappa shape index (κ1) is 22.9. The minimum absolute atomic E-state index is 0.0559. The third kappa shape index (κ3) is 4.10. The Morgan fingerprint density at radius 2 is 2.00 bits per heavy atom. The van der Waals surface area contributed by atoms with Gasteiger partial charge >= 0.3 is 0 Å². The molecule has 0 spiro atoms. The Hall–Kier alpha value is -3.91. The van der Waals surface area contributed by atoms with Crippen molar-refractivity contribution in [3.63, 3.8) is 0 Å². The van der Waals surface area contributed by atoms with Gasteiger partial charge in [-0.05, 0) is 43.2 Å². The van der Waals surface area contributed by atoms with Crippen molar-refractivity contribution in [3.8, 4) is 22.8 Å². The number of nitrogens with zero attached hydrogens (tertiary/aromatic N) is 5. The van der Waals surface area contributed by atoms with E-state index in [1.54, 1.807) is 12.1 Å². The highest BCUT2D eigenvalue weighted by Crippen LogP contribution is 2.42. The molecule has 4 heterocycles. The van der Waals surface area contributed by atoms with Gasteiger partial charge in [0.15, 0.2) is 0 Å². The number of aromatic nitrogens is 4. The quantitative estimate of drug-likeness (QED) is 0.402. The van der Waals surface area contributed by atoms with E-state index >= 15 is 0 Å². The second kappa shape index (κ2) is 9.03. The number of carbonyl (C=O) groups excluding carboxylic acids is 1. The van der Waals surface area contributed by atoms with Crippen molar-refractivity contribution in [1.29, 1.82) is 0 Å². The van der Waals surface area contributed by atoms with Gasteiger partial charge in [0.1, 0.15) is 23.5 Å². The molecule has 0 saturated carbocycles. The van der Waals surface area contributed by atoms with Crippen LogP contribution in [0, 0.1) is 6.92 Å². The van der Waals surface area contributed by atoms with Crippen molar-refractivity contribution >= 4 is 34.4 Å². The second-order valence-electron chi connectivity index (χ2n) is 8.59. The monoisotopic (exact) mass is 488 g/mol. The molecule has 1 unspecified atom stereocenters. The van der Waals surface area contributed by atoms with Crippen molar-refractivity contribution in [2.75, 3.05) is 18.8 Å². The Morgan fingerprint density at radius 3 is 2.71 bits per heavy atom. The number of anilines is 1. The summed E-state index contributed by atoms with van der Waals surface area (Å²) in [5.74, 6) is 1.62. The summed E-state index contributed by atoms with van der Waals surface area (Å²) < 4.78 is 8.00. The molecule has 4 aromatic rings. The van der Waals surface area contributed by atoms with E-state index < -0.39 is 0 Å². The number of carbonyl (C=O) groups is 1. The van der Waals surface area contributed by atoms with E-state index in [2.05, 4.69) is 26.1 Å². The summed E-state index contributed by atoms with van der Waals surface area (Å²) in [6, 6.07) is 11.3. The SMILES string of the molecule is C=CC(=O)N1CCC(c2c(-c3ccc(Oc4ccc(Cl)c(C)n4)cc3)c3c(N)ncnc3n2C)C1. The molecule has 3 aromatic heterocycles.